The van der Waals surface area contributed by atoms with Gasteiger partial charge in [0.1, 0.15) is 5.82 Å². The maximum Gasteiger partial charge on any atom is 0.257 e. The average Bonchev–Trinajstić information content (AvgIpc) is 3.07. The molecule has 26 heavy (non-hydrogen) atoms. The molecule has 0 radical (unpaired) electrons. The maximum atomic E-state index is 12.3. The summed E-state index contributed by atoms with van der Waals surface area (Å²) < 4.78 is 1.94. The normalized spacial score (nSPS) is 10.8. The fraction of sp³-hybridized carbons (Fsp3) is 0.0526. The zero-order chi connectivity index (χ0) is 18.1. The third-order valence-electron chi connectivity index (χ3n) is 4.11. The van der Waals surface area contributed by atoms with Crippen molar-refractivity contribution < 1.29 is 4.79 Å². The number of nitrogens with zero attached hydrogens (tertiary/aromatic N) is 3. The van der Waals surface area contributed by atoms with Crippen molar-refractivity contribution in [3.8, 4) is 11.3 Å². The summed E-state index contributed by atoms with van der Waals surface area (Å²) in [6.45, 7) is 0. The van der Waals surface area contributed by atoms with E-state index >= 15 is 0 Å². The minimum atomic E-state index is -0.384. The average molecular weight is 345 g/mol. The highest BCUT2D eigenvalue weighted by atomic mass is 16.2. The van der Waals surface area contributed by atoms with Crippen molar-refractivity contribution in [2.75, 3.05) is 5.32 Å². The van der Waals surface area contributed by atoms with Crippen LogP contribution >= 0.6 is 0 Å². The summed E-state index contributed by atoms with van der Waals surface area (Å²) in [6.07, 6.45) is 6.69. The molecule has 0 aliphatic heterocycles. The molecule has 128 valence electrons. The number of rotatable bonds is 3. The summed E-state index contributed by atoms with van der Waals surface area (Å²) in [4.78, 5) is 34.5. The van der Waals surface area contributed by atoms with E-state index < -0.39 is 0 Å². The predicted molar refractivity (Wildman–Crippen MR) is 99.0 cm³/mol. The molecule has 0 fully saturated rings. The van der Waals surface area contributed by atoms with Crippen LogP contribution < -0.4 is 10.9 Å². The number of pyridine rings is 2. The lowest BCUT2D eigenvalue weighted by Crippen LogP contribution is -2.16. The Hall–Kier alpha value is -3.74. The molecular weight excluding hydrogens is 330 g/mol. The molecule has 3 aromatic heterocycles. The van der Waals surface area contributed by atoms with E-state index in [0.29, 0.717) is 5.82 Å². The first-order valence-electron chi connectivity index (χ1n) is 7.97. The molecule has 0 aliphatic rings. The van der Waals surface area contributed by atoms with E-state index in [9.17, 15) is 9.59 Å². The third kappa shape index (κ3) is 2.98. The van der Waals surface area contributed by atoms with Crippen molar-refractivity contribution in [3.63, 3.8) is 0 Å². The van der Waals surface area contributed by atoms with Crippen LogP contribution in [0.25, 0.3) is 22.0 Å². The summed E-state index contributed by atoms with van der Waals surface area (Å²) in [5.41, 5.74) is 1.97. The van der Waals surface area contributed by atoms with Gasteiger partial charge in [-0.2, -0.15) is 0 Å². The first kappa shape index (κ1) is 15.8. The number of carbonyl (C=O) groups is 1. The van der Waals surface area contributed by atoms with Crippen LogP contribution in [0.4, 0.5) is 5.82 Å². The van der Waals surface area contributed by atoms with Gasteiger partial charge in [0, 0.05) is 42.0 Å². The monoisotopic (exact) mass is 345 g/mol. The van der Waals surface area contributed by atoms with Gasteiger partial charge in [-0.25, -0.2) is 9.97 Å². The number of carbonyl (C=O) groups excluding carboxylic acids is 1. The van der Waals surface area contributed by atoms with E-state index in [2.05, 4.69) is 20.3 Å². The lowest BCUT2D eigenvalue weighted by atomic mass is 10.1. The molecule has 0 atom stereocenters. The lowest BCUT2D eigenvalue weighted by molar-refractivity contribution is 0.102. The fourth-order valence-corrected chi connectivity index (χ4v) is 2.78. The molecule has 4 rings (SSSR count). The van der Waals surface area contributed by atoms with Crippen LogP contribution in [-0.2, 0) is 7.05 Å². The Morgan fingerprint density at radius 2 is 2.00 bits per heavy atom. The van der Waals surface area contributed by atoms with Crippen molar-refractivity contribution in [1.29, 1.82) is 0 Å². The van der Waals surface area contributed by atoms with E-state index in [-0.39, 0.29) is 17.0 Å². The molecule has 1 aromatic carbocycles. The second-order valence-corrected chi connectivity index (χ2v) is 5.92. The number of H-pyrrole nitrogens is 1. The number of aromatic nitrogens is 4. The van der Waals surface area contributed by atoms with Crippen LogP contribution in [0.5, 0.6) is 0 Å². The number of benzene rings is 1. The van der Waals surface area contributed by atoms with Gasteiger partial charge in [-0.1, -0.05) is 12.1 Å². The fourth-order valence-electron chi connectivity index (χ4n) is 2.78. The Kier molecular flexibility index (Phi) is 3.81. The lowest BCUT2D eigenvalue weighted by Gasteiger charge is -2.07. The number of imidazole rings is 1. The Morgan fingerprint density at radius 1 is 1.12 bits per heavy atom. The molecule has 0 bridgehead atoms. The number of amides is 1. The van der Waals surface area contributed by atoms with Gasteiger partial charge in [0.2, 0.25) is 5.56 Å². The molecule has 0 saturated carbocycles. The number of nitrogens with one attached hydrogen (secondary N) is 2. The zero-order valence-electron chi connectivity index (χ0n) is 13.9. The van der Waals surface area contributed by atoms with Crippen LogP contribution in [-0.4, -0.2) is 25.4 Å². The molecule has 7 heteroatoms. The van der Waals surface area contributed by atoms with Gasteiger partial charge in [0.15, 0.2) is 0 Å². The van der Waals surface area contributed by atoms with Crippen LogP contribution in [0.15, 0.2) is 66.1 Å². The first-order chi connectivity index (χ1) is 12.6. The first-order valence-corrected chi connectivity index (χ1v) is 7.97. The number of hydrogen-bond acceptors (Lipinski definition) is 4. The van der Waals surface area contributed by atoms with E-state index in [0.717, 1.165) is 22.0 Å². The Balaban J connectivity index is 1.67. The summed E-state index contributed by atoms with van der Waals surface area (Å²) in [7, 11) is 1.94. The number of aryl methyl sites for hydroxylation is 1. The SMILES string of the molecule is Cn1cncc1-c1ccc2cnc(NC(=O)c3cc[nH]c(=O)c3)cc2c1. The smallest absolute Gasteiger partial charge is 0.257 e. The number of hydrogen-bond donors (Lipinski definition) is 2. The zero-order valence-corrected chi connectivity index (χ0v) is 13.9. The topological polar surface area (TPSA) is 92.7 Å². The molecule has 2 N–H and O–H groups in total. The van der Waals surface area contributed by atoms with Crippen LogP contribution in [0, 0.1) is 0 Å². The molecule has 7 nitrogen and oxygen atoms in total. The van der Waals surface area contributed by atoms with Crippen LogP contribution in [0.3, 0.4) is 0 Å². The van der Waals surface area contributed by atoms with Crippen molar-refractivity contribution >= 4 is 22.5 Å². The second kappa shape index (κ2) is 6.29. The summed E-state index contributed by atoms with van der Waals surface area (Å²) >= 11 is 0. The van der Waals surface area contributed by atoms with E-state index in [1.165, 1.54) is 18.3 Å². The maximum absolute atomic E-state index is 12.3. The Labute approximate surface area is 148 Å². The number of anilines is 1. The minimum Gasteiger partial charge on any atom is -0.334 e. The Bertz CT molecular complexity index is 1180. The highest BCUT2D eigenvalue weighted by Gasteiger charge is 2.09. The summed E-state index contributed by atoms with van der Waals surface area (Å²) in [6, 6.07) is 10.6. The highest BCUT2D eigenvalue weighted by Crippen LogP contribution is 2.25. The molecule has 4 aromatic rings. The van der Waals surface area contributed by atoms with Crippen LogP contribution in [0.2, 0.25) is 0 Å². The van der Waals surface area contributed by atoms with E-state index in [1.54, 1.807) is 24.8 Å². The predicted octanol–water partition coefficient (Wildman–Crippen LogP) is 2.58. The summed E-state index contributed by atoms with van der Waals surface area (Å²) in [5.74, 6) is 0.0377. The van der Waals surface area contributed by atoms with E-state index in [4.69, 9.17) is 0 Å². The number of fused-ring (bicyclic) bond motifs is 1. The van der Waals surface area contributed by atoms with Gasteiger partial charge in [-0.15, -0.1) is 0 Å². The largest absolute Gasteiger partial charge is 0.334 e. The van der Waals surface area contributed by atoms with Crippen molar-refractivity contribution in [2.24, 2.45) is 7.05 Å². The molecular formula is C19H15N5O2. The summed E-state index contributed by atoms with van der Waals surface area (Å²) in [5, 5.41) is 4.63. The molecule has 0 spiro atoms. The molecule has 0 aliphatic carbocycles. The van der Waals surface area contributed by atoms with Gasteiger partial charge in [0.25, 0.3) is 5.91 Å². The molecule has 0 unspecified atom stereocenters. The van der Waals surface area contributed by atoms with Crippen molar-refractivity contribution in [2.45, 2.75) is 0 Å². The molecule has 3 heterocycles. The standard InChI is InChI=1S/C19H15N5O2/c1-24-11-20-10-16(24)12-2-3-14-9-22-17(7-15(14)6-12)23-19(26)13-4-5-21-18(25)8-13/h2-11H,1H3,(H,21,25)(H,22,23,26). The number of aromatic amines is 1. The van der Waals surface area contributed by atoms with E-state index in [1.807, 2.05) is 29.8 Å². The van der Waals surface area contributed by atoms with Gasteiger partial charge in [-0.05, 0) is 23.6 Å². The van der Waals surface area contributed by atoms with Gasteiger partial charge < -0.3 is 14.9 Å². The van der Waals surface area contributed by atoms with Crippen molar-refractivity contribution in [3.05, 3.63) is 77.2 Å². The minimum absolute atomic E-state index is 0.277. The van der Waals surface area contributed by atoms with Crippen molar-refractivity contribution in [1.82, 2.24) is 19.5 Å². The van der Waals surface area contributed by atoms with Crippen LogP contribution in [0.1, 0.15) is 10.4 Å². The van der Waals surface area contributed by atoms with Gasteiger partial charge in [0.05, 0.1) is 18.2 Å². The van der Waals surface area contributed by atoms with Gasteiger partial charge in [-0.3, -0.25) is 9.59 Å². The second-order valence-electron chi connectivity index (χ2n) is 5.92. The molecule has 0 saturated heterocycles. The molecule has 1 amide bonds. The van der Waals surface area contributed by atoms with Gasteiger partial charge >= 0.3 is 0 Å². The highest BCUT2D eigenvalue weighted by molar-refractivity contribution is 6.04. The third-order valence-corrected chi connectivity index (χ3v) is 4.11. The quantitative estimate of drug-likeness (QED) is 0.597. The Morgan fingerprint density at radius 3 is 2.77 bits per heavy atom.